The predicted molar refractivity (Wildman–Crippen MR) is 75.1 cm³/mol. The van der Waals surface area contributed by atoms with Gasteiger partial charge in [-0.15, -0.1) is 0 Å². The third kappa shape index (κ3) is 3.44. The molecule has 0 unspecified atom stereocenters. The van der Waals surface area contributed by atoms with Gasteiger partial charge in [-0.05, 0) is 12.1 Å². The van der Waals surface area contributed by atoms with E-state index >= 15 is 0 Å². The van der Waals surface area contributed by atoms with Gasteiger partial charge in [-0.2, -0.15) is 0 Å². The lowest BCUT2D eigenvalue weighted by Crippen LogP contribution is -2.27. The Labute approximate surface area is 115 Å². The highest BCUT2D eigenvalue weighted by atomic mass is 16.4. The van der Waals surface area contributed by atoms with Gasteiger partial charge in [0.15, 0.2) is 0 Å². The first-order valence-corrected chi connectivity index (χ1v) is 6.19. The number of para-hydroxylation sites is 1. The molecule has 6 heteroatoms. The molecular weight excluding hydrogens is 258 g/mol. The summed E-state index contributed by atoms with van der Waals surface area (Å²) in [7, 11) is 0. The van der Waals surface area contributed by atoms with Crippen molar-refractivity contribution in [1.29, 1.82) is 0 Å². The van der Waals surface area contributed by atoms with E-state index in [2.05, 4.69) is 10.3 Å². The first-order chi connectivity index (χ1) is 9.56. The van der Waals surface area contributed by atoms with Crippen molar-refractivity contribution in [2.75, 3.05) is 12.3 Å². The summed E-state index contributed by atoms with van der Waals surface area (Å²) in [5.74, 6) is -1.20. The smallest absolute Gasteiger partial charge is 0.305 e. The summed E-state index contributed by atoms with van der Waals surface area (Å²) in [4.78, 5) is 26.3. The van der Waals surface area contributed by atoms with Crippen LogP contribution in [0.25, 0.3) is 10.9 Å². The van der Waals surface area contributed by atoms with Crippen LogP contribution in [-0.4, -0.2) is 28.5 Å². The molecule has 0 atom stereocenters. The van der Waals surface area contributed by atoms with E-state index in [1.54, 1.807) is 12.1 Å². The van der Waals surface area contributed by atoms with E-state index in [9.17, 15) is 9.59 Å². The van der Waals surface area contributed by atoms with Crippen molar-refractivity contribution >= 4 is 28.5 Å². The minimum Gasteiger partial charge on any atom is -0.481 e. The molecular formula is C14H15N3O3. The molecule has 1 aromatic carbocycles. The second-order valence-corrected chi connectivity index (χ2v) is 4.39. The van der Waals surface area contributed by atoms with Crippen LogP contribution in [0, 0.1) is 0 Å². The SMILES string of the molecule is Nc1cccc2ccc(CC(=O)NCCC(=O)O)nc12. The molecule has 2 rings (SSSR count). The summed E-state index contributed by atoms with van der Waals surface area (Å²) in [5.41, 5.74) is 7.68. The average Bonchev–Trinajstić information content (AvgIpc) is 2.39. The maximum Gasteiger partial charge on any atom is 0.305 e. The molecule has 0 bridgehead atoms. The van der Waals surface area contributed by atoms with E-state index < -0.39 is 5.97 Å². The first kappa shape index (κ1) is 13.8. The molecule has 0 aliphatic heterocycles. The van der Waals surface area contributed by atoms with Crippen LogP contribution in [0.2, 0.25) is 0 Å². The van der Waals surface area contributed by atoms with Gasteiger partial charge in [0.1, 0.15) is 0 Å². The zero-order chi connectivity index (χ0) is 14.5. The van der Waals surface area contributed by atoms with Crippen molar-refractivity contribution in [3.63, 3.8) is 0 Å². The number of anilines is 1. The van der Waals surface area contributed by atoms with Crippen LogP contribution in [0.3, 0.4) is 0 Å². The fourth-order valence-corrected chi connectivity index (χ4v) is 1.84. The summed E-state index contributed by atoms with van der Waals surface area (Å²) in [6.45, 7) is 0.115. The highest BCUT2D eigenvalue weighted by molar-refractivity contribution is 5.89. The topological polar surface area (TPSA) is 105 Å². The number of fused-ring (bicyclic) bond motifs is 1. The molecule has 0 saturated carbocycles. The zero-order valence-electron chi connectivity index (χ0n) is 10.8. The normalized spacial score (nSPS) is 10.4. The van der Waals surface area contributed by atoms with Crippen molar-refractivity contribution in [3.05, 3.63) is 36.0 Å². The summed E-state index contributed by atoms with van der Waals surface area (Å²) in [5, 5.41) is 11.9. The Morgan fingerprint density at radius 1 is 1.25 bits per heavy atom. The lowest BCUT2D eigenvalue weighted by Gasteiger charge is -2.06. The Kier molecular flexibility index (Phi) is 4.14. The summed E-state index contributed by atoms with van der Waals surface area (Å²) < 4.78 is 0. The third-order valence-corrected chi connectivity index (χ3v) is 2.81. The number of pyridine rings is 1. The number of nitrogens with zero attached hydrogens (tertiary/aromatic N) is 1. The number of aliphatic carboxylic acids is 1. The number of nitrogens with two attached hydrogens (primary N) is 1. The largest absolute Gasteiger partial charge is 0.481 e. The number of aromatic nitrogens is 1. The number of hydrogen-bond acceptors (Lipinski definition) is 4. The number of carbonyl (C=O) groups excluding carboxylic acids is 1. The van der Waals surface area contributed by atoms with E-state index in [0.29, 0.717) is 16.9 Å². The van der Waals surface area contributed by atoms with E-state index in [1.165, 1.54) is 0 Å². The minimum absolute atomic E-state index is 0.0934. The van der Waals surface area contributed by atoms with Crippen LogP contribution in [0.5, 0.6) is 0 Å². The van der Waals surface area contributed by atoms with Crippen molar-refractivity contribution in [1.82, 2.24) is 10.3 Å². The zero-order valence-corrected chi connectivity index (χ0v) is 10.8. The number of nitrogen functional groups attached to an aromatic ring is 1. The molecule has 0 aliphatic carbocycles. The van der Waals surface area contributed by atoms with E-state index in [4.69, 9.17) is 10.8 Å². The monoisotopic (exact) mass is 273 g/mol. The number of amides is 1. The maximum absolute atomic E-state index is 11.6. The van der Waals surface area contributed by atoms with Crippen LogP contribution in [0.15, 0.2) is 30.3 Å². The van der Waals surface area contributed by atoms with Gasteiger partial charge in [-0.1, -0.05) is 18.2 Å². The Hall–Kier alpha value is -2.63. The van der Waals surface area contributed by atoms with Gasteiger partial charge in [-0.3, -0.25) is 14.6 Å². The van der Waals surface area contributed by atoms with E-state index in [1.807, 2.05) is 18.2 Å². The fourth-order valence-electron chi connectivity index (χ4n) is 1.84. The van der Waals surface area contributed by atoms with Gasteiger partial charge < -0.3 is 16.2 Å². The Balaban J connectivity index is 2.04. The Bertz CT molecular complexity index is 655. The maximum atomic E-state index is 11.6. The van der Waals surface area contributed by atoms with Crippen LogP contribution >= 0.6 is 0 Å². The highest BCUT2D eigenvalue weighted by Crippen LogP contribution is 2.18. The van der Waals surface area contributed by atoms with Gasteiger partial charge in [-0.25, -0.2) is 0 Å². The van der Waals surface area contributed by atoms with Crippen LogP contribution in [0.4, 0.5) is 5.69 Å². The van der Waals surface area contributed by atoms with Crippen LogP contribution in [-0.2, 0) is 16.0 Å². The van der Waals surface area contributed by atoms with Crippen molar-refractivity contribution in [2.24, 2.45) is 0 Å². The molecule has 104 valence electrons. The van der Waals surface area contributed by atoms with Gasteiger partial charge in [0.2, 0.25) is 5.91 Å². The van der Waals surface area contributed by atoms with Gasteiger partial charge >= 0.3 is 5.97 Å². The molecule has 6 nitrogen and oxygen atoms in total. The van der Waals surface area contributed by atoms with Gasteiger partial charge in [0.05, 0.1) is 29.7 Å². The van der Waals surface area contributed by atoms with Crippen molar-refractivity contribution in [2.45, 2.75) is 12.8 Å². The predicted octanol–water partition coefficient (Wildman–Crippen LogP) is 0.950. The first-order valence-electron chi connectivity index (χ1n) is 6.19. The molecule has 2 aromatic rings. The average molecular weight is 273 g/mol. The standard InChI is InChI=1S/C14H15N3O3/c15-11-3-1-2-9-4-5-10(17-14(9)11)8-12(18)16-7-6-13(19)20/h1-5H,6-8,15H2,(H,16,18)(H,19,20). The van der Waals surface area contributed by atoms with Crippen molar-refractivity contribution < 1.29 is 14.7 Å². The number of carbonyl (C=O) groups is 2. The van der Waals surface area contributed by atoms with Gasteiger partial charge in [0.25, 0.3) is 0 Å². The lowest BCUT2D eigenvalue weighted by molar-refractivity contribution is -0.136. The van der Waals surface area contributed by atoms with E-state index in [-0.39, 0.29) is 25.3 Å². The van der Waals surface area contributed by atoms with E-state index in [0.717, 1.165) is 5.39 Å². The summed E-state index contributed by atoms with van der Waals surface area (Å²) in [6, 6.07) is 9.12. The number of nitrogens with one attached hydrogen (secondary N) is 1. The number of rotatable bonds is 5. The second-order valence-electron chi connectivity index (χ2n) is 4.39. The minimum atomic E-state index is -0.943. The number of carboxylic acids is 1. The van der Waals surface area contributed by atoms with Gasteiger partial charge in [0, 0.05) is 11.9 Å². The van der Waals surface area contributed by atoms with Crippen LogP contribution in [0.1, 0.15) is 12.1 Å². The fraction of sp³-hybridized carbons (Fsp3) is 0.214. The number of carboxylic acid groups (broad SMARTS) is 1. The third-order valence-electron chi connectivity index (χ3n) is 2.81. The number of benzene rings is 1. The Morgan fingerprint density at radius 3 is 2.80 bits per heavy atom. The Morgan fingerprint density at radius 2 is 2.05 bits per heavy atom. The molecule has 1 amide bonds. The summed E-state index contributed by atoms with van der Waals surface area (Å²) >= 11 is 0. The molecule has 0 fully saturated rings. The quantitative estimate of drug-likeness (QED) is 0.703. The molecule has 0 radical (unpaired) electrons. The lowest BCUT2D eigenvalue weighted by atomic mass is 10.1. The molecule has 0 spiro atoms. The molecule has 0 saturated heterocycles. The molecule has 4 N–H and O–H groups in total. The summed E-state index contributed by atoms with van der Waals surface area (Å²) in [6.07, 6.45) is 0.00767. The molecule has 1 aromatic heterocycles. The molecule has 0 aliphatic rings. The second kappa shape index (κ2) is 6.01. The molecule has 20 heavy (non-hydrogen) atoms. The molecule has 1 heterocycles. The van der Waals surface area contributed by atoms with Crippen LogP contribution < -0.4 is 11.1 Å². The number of hydrogen-bond donors (Lipinski definition) is 3. The van der Waals surface area contributed by atoms with Crippen molar-refractivity contribution in [3.8, 4) is 0 Å². The highest BCUT2D eigenvalue weighted by Gasteiger charge is 2.07.